The number of aryl methyl sites for hydroxylation is 1. The summed E-state index contributed by atoms with van der Waals surface area (Å²) in [7, 11) is 0. The van der Waals surface area contributed by atoms with Gasteiger partial charge >= 0.3 is 0 Å². The van der Waals surface area contributed by atoms with Crippen LogP contribution in [0.2, 0.25) is 0 Å². The molecule has 1 N–H and O–H groups in total. The molecule has 2 aromatic carbocycles. The third kappa shape index (κ3) is 3.18. The van der Waals surface area contributed by atoms with Gasteiger partial charge in [0.25, 0.3) is 5.91 Å². The second-order valence-electron chi connectivity index (χ2n) is 7.98. The van der Waals surface area contributed by atoms with Crippen LogP contribution in [0.4, 0.5) is 0 Å². The topological polar surface area (TPSA) is 66.8 Å². The third-order valence-corrected chi connectivity index (χ3v) is 6.01. The van der Waals surface area contributed by atoms with Gasteiger partial charge in [0.1, 0.15) is 5.82 Å². The summed E-state index contributed by atoms with van der Waals surface area (Å²) in [5.41, 5.74) is 5.53. The van der Waals surface area contributed by atoms with Crippen molar-refractivity contribution in [1.29, 1.82) is 0 Å². The maximum atomic E-state index is 13.6. The Morgan fingerprint density at radius 3 is 2.67 bits per heavy atom. The van der Waals surface area contributed by atoms with Crippen LogP contribution in [0.3, 0.4) is 0 Å². The van der Waals surface area contributed by atoms with Gasteiger partial charge in [0.2, 0.25) is 0 Å². The van der Waals surface area contributed by atoms with Gasteiger partial charge in [-0.25, -0.2) is 4.98 Å². The number of fused-ring (bicyclic) bond motifs is 1. The first-order chi connectivity index (χ1) is 14.6. The molecule has 0 spiro atoms. The molecule has 1 fully saturated rings. The van der Waals surface area contributed by atoms with Gasteiger partial charge in [-0.15, -0.1) is 0 Å². The minimum Gasteiger partial charge on any atom is -0.340 e. The summed E-state index contributed by atoms with van der Waals surface area (Å²) in [6, 6.07) is 18.2. The number of carbonyl (C=O) groups is 1. The molecular weight excluding hydrogens is 374 g/mol. The number of carbonyl (C=O) groups excluding carboxylic acids is 1. The van der Waals surface area contributed by atoms with Crippen molar-refractivity contribution in [3.63, 3.8) is 0 Å². The average molecular weight is 399 g/mol. The summed E-state index contributed by atoms with van der Waals surface area (Å²) < 4.78 is 1.93. The van der Waals surface area contributed by atoms with Crippen molar-refractivity contribution in [1.82, 2.24) is 24.6 Å². The summed E-state index contributed by atoms with van der Waals surface area (Å²) in [5.74, 6) is 0.918. The van der Waals surface area contributed by atoms with Gasteiger partial charge in [0, 0.05) is 12.2 Å². The van der Waals surface area contributed by atoms with Crippen LogP contribution in [0.15, 0.2) is 54.6 Å². The number of aromatic nitrogens is 4. The maximum Gasteiger partial charge on any atom is 0.258 e. The number of hydrogen-bond acceptors (Lipinski definition) is 3. The molecule has 1 amide bonds. The SMILES string of the molecule is Cc1nn(Cc2ccccc2)c(C)c1C(=O)N1CCC[C@@H]1c1nc2ccccc2[nH]1. The molecule has 0 saturated carbocycles. The van der Waals surface area contributed by atoms with Crippen LogP contribution >= 0.6 is 0 Å². The average Bonchev–Trinajstić information content (AvgIpc) is 3.46. The number of rotatable bonds is 4. The summed E-state index contributed by atoms with van der Waals surface area (Å²) >= 11 is 0. The largest absolute Gasteiger partial charge is 0.340 e. The van der Waals surface area contributed by atoms with Gasteiger partial charge in [-0.05, 0) is 44.4 Å². The van der Waals surface area contributed by atoms with E-state index in [-0.39, 0.29) is 11.9 Å². The van der Waals surface area contributed by atoms with E-state index < -0.39 is 0 Å². The van der Waals surface area contributed by atoms with Gasteiger partial charge in [-0.2, -0.15) is 5.10 Å². The van der Waals surface area contributed by atoms with E-state index in [2.05, 4.69) is 22.2 Å². The molecule has 0 aliphatic carbocycles. The molecule has 6 heteroatoms. The van der Waals surface area contributed by atoms with Crippen molar-refractivity contribution in [3.05, 3.63) is 82.9 Å². The molecule has 3 heterocycles. The van der Waals surface area contributed by atoms with Gasteiger partial charge in [0.15, 0.2) is 0 Å². The molecule has 1 aliphatic rings. The highest BCUT2D eigenvalue weighted by Gasteiger charge is 2.35. The van der Waals surface area contributed by atoms with Crippen molar-refractivity contribution in [2.45, 2.75) is 39.3 Å². The van der Waals surface area contributed by atoms with E-state index in [9.17, 15) is 4.79 Å². The smallest absolute Gasteiger partial charge is 0.258 e. The Morgan fingerprint density at radius 1 is 1.10 bits per heavy atom. The van der Waals surface area contributed by atoms with Crippen LogP contribution in [0, 0.1) is 13.8 Å². The molecule has 0 radical (unpaired) electrons. The molecule has 5 rings (SSSR count). The Labute approximate surface area is 175 Å². The van der Waals surface area contributed by atoms with Gasteiger partial charge in [-0.1, -0.05) is 42.5 Å². The molecule has 0 bridgehead atoms. The molecule has 152 valence electrons. The lowest BCUT2D eigenvalue weighted by Crippen LogP contribution is -2.32. The molecule has 6 nitrogen and oxygen atoms in total. The molecule has 4 aromatic rings. The van der Waals surface area contributed by atoms with Crippen LogP contribution in [-0.4, -0.2) is 37.1 Å². The Hall–Kier alpha value is -3.41. The lowest BCUT2D eigenvalue weighted by atomic mass is 10.1. The highest BCUT2D eigenvalue weighted by atomic mass is 16.2. The van der Waals surface area contributed by atoms with Crippen molar-refractivity contribution in [2.24, 2.45) is 0 Å². The minimum atomic E-state index is -0.0267. The van der Waals surface area contributed by atoms with Crippen molar-refractivity contribution in [3.8, 4) is 0 Å². The molecule has 1 aliphatic heterocycles. The van der Waals surface area contributed by atoms with Crippen LogP contribution in [-0.2, 0) is 6.54 Å². The van der Waals surface area contributed by atoms with E-state index >= 15 is 0 Å². The Morgan fingerprint density at radius 2 is 1.87 bits per heavy atom. The van der Waals surface area contributed by atoms with Gasteiger partial charge in [0.05, 0.1) is 34.9 Å². The van der Waals surface area contributed by atoms with Crippen molar-refractivity contribution in [2.75, 3.05) is 6.54 Å². The highest BCUT2D eigenvalue weighted by molar-refractivity contribution is 5.97. The maximum absolute atomic E-state index is 13.6. The predicted octanol–water partition coefficient (Wildman–Crippen LogP) is 4.40. The summed E-state index contributed by atoms with van der Waals surface area (Å²) in [5, 5.41) is 4.68. The fourth-order valence-corrected chi connectivity index (χ4v) is 4.48. The fourth-order valence-electron chi connectivity index (χ4n) is 4.48. The lowest BCUT2D eigenvalue weighted by molar-refractivity contribution is 0.0729. The lowest BCUT2D eigenvalue weighted by Gasteiger charge is -2.23. The molecule has 1 atom stereocenters. The normalized spacial score (nSPS) is 16.5. The first-order valence-electron chi connectivity index (χ1n) is 10.5. The van der Waals surface area contributed by atoms with E-state index in [1.165, 1.54) is 5.56 Å². The molecular formula is C24H25N5O. The number of H-pyrrole nitrogens is 1. The zero-order valence-corrected chi connectivity index (χ0v) is 17.3. The molecule has 1 saturated heterocycles. The number of nitrogens with zero attached hydrogens (tertiary/aromatic N) is 4. The Balaban J connectivity index is 1.45. The van der Waals surface area contributed by atoms with Crippen molar-refractivity contribution >= 4 is 16.9 Å². The number of aromatic amines is 1. The first kappa shape index (κ1) is 18.6. The minimum absolute atomic E-state index is 0.0267. The zero-order chi connectivity index (χ0) is 20.7. The molecule has 0 unspecified atom stereocenters. The Bertz CT molecular complexity index is 1170. The summed E-state index contributed by atoms with van der Waals surface area (Å²) in [4.78, 5) is 23.7. The van der Waals surface area contributed by atoms with Crippen LogP contribution in [0.5, 0.6) is 0 Å². The van der Waals surface area contributed by atoms with E-state index in [4.69, 9.17) is 4.98 Å². The number of likely N-dealkylation sites (tertiary alicyclic amines) is 1. The second kappa shape index (κ2) is 7.44. The quantitative estimate of drug-likeness (QED) is 0.553. The number of nitrogens with one attached hydrogen (secondary N) is 1. The molecule has 30 heavy (non-hydrogen) atoms. The highest BCUT2D eigenvalue weighted by Crippen LogP contribution is 2.33. The number of imidazole rings is 1. The Kier molecular flexibility index (Phi) is 4.62. The monoisotopic (exact) mass is 399 g/mol. The zero-order valence-electron chi connectivity index (χ0n) is 17.3. The fraction of sp³-hybridized carbons (Fsp3) is 0.292. The molecule has 2 aromatic heterocycles. The predicted molar refractivity (Wildman–Crippen MR) is 116 cm³/mol. The van der Waals surface area contributed by atoms with Crippen LogP contribution in [0.25, 0.3) is 11.0 Å². The third-order valence-electron chi connectivity index (χ3n) is 6.01. The van der Waals surface area contributed by atoms with Gasteiger partial charge < -0.3 is 9.88 Å². The second-order valence-corrected chi connectivity index (χ2v) is 7.98. The number of para-hydroxylation sites is 2. The van der Waals surface area contributed by atoms with Crippen molar-refractivity contribution < 1.29 is 4.79 Å². The van der Waals surface area contributed by atoms with E-state index in [0.29, 0.717) is 12.1 Å². The van der Waals surface area contributed by atoms with E-state index in [0.717, 1.165) is 47.6 Å². The number of amides is 1. The standard InChI is InChI=1S/C24H25N5O/c1-16-22(17(2)29(27-16)15-18-9-4-3-5-10-18)24(30)28-14-8-13-21(28)23-25-19-11-6-7-12-20(19)26-23/h3-7,9-12,21H,8,13-15H2,1-2H3,(H,25,26)/t21-/m1/s1. The van der Waals surface area contributed by atoms with Crippen LogP contribution in [0.1, 0.15) is 52.0 Å². The van der Waals surface area contributed by atoms with E-state index in [1.54, 1.807) is 0 Å². The van der Waals surface area contributed by atoms with Crippen LogP contribution < -0.4 is 0 Å². The summed E-state index contributed by atoms with van der Waals surface area (Å²) in [6.45, 7) is 5.31. The first-order valence-corrected chi connectivity index (χ1v) is 10.5. The number of benzene rings is 2. The summed E-state index contributed by atoms with van der Waals surface area (Å²) in [6.07, 6.45) is 1.89. The number of hydrogen-bond donors (Lipinski definition) is 1. The van der Waals surface area contributed by atoms with E-state index in [1.807, 2.05) is 65.9 Å². The van der Waals surface area contributed by atoms with Gasteiger partial charge in [-0.3, -0.25) is 9.48 Å².